The molecule has 1 aromatic carbocycles. The summed E-state index contributed by atoms with van der Waals surface area (Å²) in [5.41, 5.74) is 2.98. The smallest absolute Gasteiger partial charge is 0.249 e. The number of aryl methyl sites for hydroxylation is 1. The monoisotopic (exact) mass is 390 g/mol. The van der Waals surface area contributed by atoms with Gasteiger partial charge in [-0.05, 0) is 50.3 Å². The first-order valence-corrected chi connectivity index (χ1v) is 10.4. The molecule has 5 rings (SSSR count). The van der Waals surface area contributed by atoms with Crippen molar-refractivity contribution in [1.82, 2.24) is 4.98 Å². The lowest BCUT2D eigenvalue weighted by atomic mass is 10.0. The molecule has 0 spiro atoms. The van der Waals surface area contributed by atoms with Crippen LogP contribution >= 0.6 is 0 Å². The van der Waals surface area contributed by atoms with Crippen molar-refractivity contribution >= 4 is 29.1 Å². The summed E-state index contributed by atoms with van der Waals surface area (Å²) in [6.07, 6.45) is 3.49. The average molecular weight is 390 g/mol. The van der Waals surface area contributed by atoms with Gasteiger partial charge in [-0.25, -0.2) is 4.98 Å². The first-order chi connectivity index (χ1) is 14.0. The van der Waals surface area contributed by atoms with Gasteiger partial charge in [-0.2, -0.15) is 0 Å². The fourth-order valence-corrected chi connectivity index (χ4v) is 4.85. The maximum atomic E-state index is 12.9. The lowest BCUT2D eigenvalue weighted by Crippen LogP contribution is -2.52. The number of aromatic nitrogens is 1. The fraction of sp³-hybridized carbons (Fsp3) is 0.435. The van der Waals surface area contributed by atoms with E-state index in [1.54, 1.807) is 4.90 Å². The number of anilines is 3. The predicted molar refractivity (Wildman–Crippen MR) is 113 cm³/mol. The summed E-state index contributed by atoms with van der Waals surface area (Å²) >= 11 is 0. The molecule has 6 nitrogen and oxygen atoms in total. The van der Waals surface area contributed by atoms with Crippen molar-refractivity contribution in [1.29, 1.82) is 0 Å². The number of likely N-dealkylation sites (N-methyl/N-ethyl adjacent to an activating group) is 1. The fourth-order valence-electron chi connectivity index (χ4n) is 4.85. The molecule has 2 unspecified atom stereocenters. The van der Waals surface area contributed by atoms with E-state index in [4.69, 9.17) is 4.98 Å². The minimum absolute atomic E-state index is 0.00315. The van der Waals surface area contributed by atoms with Crippen LogP contribution in [0.15, 0.2) is 36.4 Å². The van der Waals surface area contributed by atoms with Crippen molar-refractivity contribution < 1.29 is 9.59 Å². The second kappa shape index (κ2) is 6.58. The Kier molecular flexibility index (Phi) is 4.12. The van der Waals surface area contributed by atoms with E-state index in [0.29, 0.717) is 18.3 Å². The molecule has 0 radical (unpaired) electrons. The van der Waals surface area contributed by atoms with Gasteiger partial charge in [-0.1, -0.05) is 30.3 Å². The normalized spacial score (nSPS) is 24.3. The van der Waals surface area contributed by atoms with E-state index in [9.17, 15) is 9.59 Å². The summed E-state index contributed by atoms with van der Waals surface area (Å²) in [5.74, 6) is 1.74. The van der Waals surface area contributed by atoms with Crippen LogP contribution in [0, 0.1) is 6.92 Å². The zero-order valence-corrected chi connectivity index (χ0v) is 17.1. The van der Waals surface area contributed by atoms with Gasteiger partial charge in [-0.3, -0.25) is 14.5 Å². The molecule has 150 valence electrons. The van der Waals surface area contributed by atoms with Crippen LogP contribution in [0.3, 0.4) is 0 Å². The second-order valence-electron chi connectivity index (χ2n) is 8.41. The maximum absolute atomic E-state index is 12.9. The van der Waals surface area contributed by atoms with Gasteiger partial charge in [0, 0.05) is 19.5 Å². The van der Waals surface area contributed by atoms with Crippen molar-refractivity contribution in [3.05, 3.63) is 47.5 Å². The quantitative estimate of drug-likeness (QED) is 0.804. The number of hydrogen-bond acceptors (Lipinski definition) is 4. The van der Waals surface area contributed by atoms with E-state index in [1.807, 2.05) is 50.1 Å². The van der Waals surface area contributed by atoms with Gasteiger partial charge in [-0.15, -0.1) is 0 Å². The molecule has 1 aromatic heterocycles. The molecule has 3 aliphatic rings. The largest absolute Gasteiger partial charge is 0.340 e. The zero-order valence-electron chi connectivity index (χ0n) is 17.1. The Bertz CT molecular complexity index is 986. The molecular weight excluding hydrogens is 364 g/mol. The third-order valence-corrected chi connectivity index (χ3v) is 6.42. The maximum Gasteiger partial charge on any atom is 0.249 e. The average Bonchev–Trinajstić information content (AvgIpc) is 3.47. The molecule has 1 saturated heterocycles. The minimum atomic E-state index is -0.235. The molecule has 2 aliphatic heterocycles. The van der Waals surface area contributed by atoms with Gasteiger partial charge < -0.3 is 9.80 Å². The van der Waals surface area contributed by atoms with Crippen molar-refractivity contribution in [3.63, 3.8) is 0 Å². The van der Waals surface area contributed by atoms with Gasteiger partial charge in [0.15, 0.2) is 5.82 Å². The van der Waals surface area contributed by atoms with Crippen molar-refractivity contribution in [2.24, 2.45) is 0 Å². The summed E-state index contributed by atoms with van der Waals surface area (Å²) < 4.78 is 0. The number of hydrogen-bond donors (Lipinski definition) is 0. The number of rotatable bonds is 3. The number of nitrogens with zero attached hydrogens (tertiary/aromatic N) is 4. The Balaban J connectivity index is 1.63. The third-order valence-electron chi connectivity index (χ3n) is 6.42. The Morgan fingerprint density at radius 3 is 2.48 bits per heavy atom. The van der Waals surface area contributed by atoms with E-state index in [1.165, 1.54) is 0 Å². The highest BCUT2D eigenvalue weighted by Crippen LogP contribution is 2.45. The van der Waals surface area contributed by atoms with Crippen LogP contribution in [-0.4, -0.2) is 35.9 Å². The number of carbonyl (C=O) groups excluding carboxylic acids is 2. The van der Waals surface area contributed by atoms with Gasteiger partial charge >= 0.3 is 0 Å². The van der Waals surface area contributed by atoms with Gasteiger partial charge in [0.05, 0.1) is 11.7 Å². The van der Waals surface area contributed by atoms with Crippen LogP contribution in [0.1, 0.15) is 49.8 Å². The van der Waals surface area contributed by atoms with Crippen molar-refractivity contribution in [2.75, 3.05) is 21.7 Å². The first kappa shape index (κ1) is 18.2. The van der Waals surface area contributed by atoms with Gasteiger partial charge in [0.2, 0.25) is 11.8 Å². The highest BCUT2D eigenvalue weighted by atomic mass is 16.2. The number of carbonyl (C=O) groups is 2. The summed E-state index contributed by atoms with van der Waals surface area (Å²) in [7, 11) is 1.82. The summed E-state index contributed by atoms with van der Waals surface area (Å²) in [5, 5.41) is 0. The Morgan fingerprint density at radius 1 is 1.07 bits per heavy atom. The Labute approximate surface area is 171 Å². The highest BCUT2D eigenvalue weighted by Gasteiger charge is 2.44. The molecule has 1 saturated carbocycles. The van der Waals surface area contributed by atoms with Crippen LogP contribution in [0.4, 0.5) is 17.3 Å². The van der Waals surface area contributed by atoms with Crippen molar-refractivity contribution in [2.45, 2.75) is 57.7 Å². The van der Waals surface area contributed by atoms with Crippen LogP contribution in [0.5, 0.6) is 0 Å². The van der Waals surface area contributed by atoms with Gasteiger partial charge in [0.25, 0.3) is 0 Å². The number of amides is 2. The molecule has 0 bridgehead atoms. The standard InChI is InChI=1S/C23H26N4O2/c1-14-13-19(27-18(11-12-20(27)28)16-7-5-4-6-8-16)24-22-21(14)25(3)23(29)15(2)26(22)17-9-10-17/h4-8,13,15,17-18H,9-12H2,1-3H3. The second-order valence-corrected chi connectivity index (χ2v) is 8.41. The predicted octanol–water partition coefficient (Wildman–Crippen LogP) is 3.59. The van der Waals surface area contributed by atoms with E-state index in [2.05, 4.69) is 17.0 Å². The number of benzene rings is 1. The third kappa shape index (κ3) is 2.81. The molecule has 2 amide bonds. The van der Waals surface area contributed by atoms with Crippen LogP contribution in [0.2, 0.25) is 0 Å². The molecule has 2 aromatic rings. The summed E-state index contributed by atoms with van der Waals surface area (Å²) in [6.45, 7) is 3.96. The first-order valence-electron chi connectivity index (χ1n) is 10.4. The molecule has 6 heteroatoms. The van der Waals surface area contributed by atoms with E-state index in [-0.39, 0.29) is 23.9 Å². The zero-order chi connectivity index (χ0) is 20.3. The summed E-state index contributed by atoms with van der Waals surface area (Å²) in [6, 6.07) is 12.3. The van der Waals surface area contributed by atoms with Crippen molar-refractivity contribution in [3.8, 4) is 0 Å². The highest BCUT2D eigenvalue weighted by molar-refractivity contribution is 6.06. The molecule has 29 heavy (non-hydrogen) atoms. The van der Waals surface area contributed by atoms with E-state index < -0.39 is 0 Å². The summed E-state index contributed by atoms with van der Waals surface area (Å²) in [4.78, 5) is 36.4. The molecule has 2 fully saturated rings. The molecule has 1 aliphatic carbocycles. The van der Waals surface area contributed by atoms with E-state index >= 15 is 0 Å². The van der Waals surface area contributed by atoms with Crippen LogP contribution in [-0.2, 0) is 9.59 Å². The van der Waals surface area contributed by atoms with Gasteiger partial charge in [0.1, 0.15) is 11.9 Å². The Morgan fingerprint density at radius 2 is 1.79 bits per heavy atom. The van der Waals surface area contributed by atoms with Crippen LogP contribution in [0.25, 0.3) is 0 Å². The SMILES string of the molecule is Cc1cc(N2C(=O)CCC2c2ccccc2)nc2c1N(C)C(=O)C(C)N2C1CC1. The van der Waals surface area contributed by atoms with Crippen LogP contribution < -0.4 is 14.7 Å². The lowest BCUT2D eigenvalue weighted by molar-refractivity contribution is -0.119. The molecular formula is C23H26N4O2. The lowest BCUT2D eigenvalue weighted by Gasteiger charge is -2.41. The van der Waals surface area contributed by atoms with E-state index in [0.717, 1.165) is 41.9 Å². The Hall–Kier alpha value is -2.89. The molecule has 3 heterocycles. The minimum Gasteiger partial charge on any atom is -0.340 e. The molecule has 0 N–H and O–H groups in total. The number of pyridine rings is 1. The topological polar surface area (TPSA) is 56.8 Å². The molecule has 2 atom stereocenters. The number of fused-ring (bicyclic) bond motifs is 1.